The van der Waals surface area contributed by atoms with E-state index < -0.39 is 5.60 Å². The molecule has 0 aliphatic carbocycles. The second-order valence-electron chi connectivity index (χ2n) is 8.93. The van der Waals surface area contributed by atoms with E-state index in [0.717, 1.165) is 24.6 Å². The van der Waals surface area contributed by atoms with Crippen LogP contribution in [0.5, 0.6) is 0 Å². The molecule has 0 radical (unpaired) electrons. The number of halogens is 1. The Morgan fingerprint density at radius 1 is 1.30 bits per heavy atom. The summed E-state index contributed by atoms with van der Waals surface area (Å²) in [5.41, 5.74) is 1.82. The molecule has 0 aliphatic heterocycles. The molecule has 1 unspecified atom stereocenters. The first-order valence-electron chi connectivity index (χ1n) is 10.3. The van der Waals surface area contributed by atoms with Crippen LogP contribution in [-0.4, -0.2) is 71.0 Å². The lowest BCUT2D eigenvalue weighted by atomic mass is 10.1. The Kier molecular flexibility index (Phi) is 11.7. The predicted molar refractivity (Wildman–Crippen MR) is 134 cm³/mol. The molecule has 1 rings (SSSR count). The predicted octanol–water partition coefficient (Wildman–Crippen LogP) is 3.81. The first-order chi connectivity index (χ1) is 13.4. The summed E-state index contributed by atoms with van der Waals surface area (Å²) in [6, 6.07) is 0.0478. The van der Waals surface area contributed by atoms with Crippen molar-refractivity contribution in [3.63, 3.8) is 0 Å². The lowest BCUT2D eigenvalue weighted by Gasteiger charge is -2.29. The fraction of sp³-hybridized carbons (Fsp3) is 0.762. The Morgan fingerprint density at radius 2 is 1.90 bits per heavy atom. The third kappa shape index (κ3) is 9.09. The highest BCUT2D eigenvalue weighted by Gasteiger charge is 2.23. The van der Waals surface area contributed by atoms with E-state index in [1.54, 1.807) is 19.0 Å². The van der Waals surface area contributed by atoms with Gasteiger partial charge in [0.05, 0.1) is 5.69 Å². The lowest BCUT2D eigenvalue weighted by molar-refractivity contribution is 0.0230. The average molecular weight is 537 g/mol. The largest absolute Gasteiger partial charge is 0.444 e. The minimum atomic E-state index is -0.491. The van der Waals surface area contributed by atoms with E-state index in [9.17, 15) is 4.79 Å². The molecule has 1 atom stereocenters. The molecule has 0 saturated heterocycles. The topological polar surface area (TPSA) is 75.0 Å². The van der Waals surface area contributed by atoms with Gasteiger partial charge >= 0.3 is 6.09 Å². The Morgan fingerprint density at radius 3 is 2.40 bits per heavy atom. The number of guanidine groups is 1. The van der Waals surface area contributed by atoms with Gasteiger partial charge in [-0.3, -0.25) is 9.67 Å². The van der Waals surface area contributed by atoms with Crippen LogP contribution in [0.15, 0.2) is 11.2 Å². The molecule has 174 valence electrons. The Hall–Kier alpha value is -1.52. The average Bonchev–Trinajstić information content (AvgIpc) is 2.96. The molecule has 1 aromatic rings. The Labute approximate surface area is 199 Å². The highest BCUT2D eigenvalue weighted by Crippen LogP contribution is 2.18. The van der Waals surface area contributed by atoms with Gasteiger partial charge in [0, 0.05) is 59.1 Å². The number of carbonyl (C=O) groups is 1. The number of hydrogen-bond donors (Lipinski definition) is 1. The van der Waals surface area contributed by atoms with Crippen molar-refractivity contribution in [3.8, 4) is 0 Å². The zero-order chi connectivity index (χ0) is 22.4. The second kappa shape index (κ2) is 12.4. The summed E-state index contributed by atoms with van der Waals surface area (Å²) < 4.78 is 7.30. The summed E-state index contributed by atoms with van der Waals surface area (Å²) in [7, 11) is 7.52. The van der Waals surface area contributed by atoms with Gasteiger partial charge in [-0.2, -0.15) is 5.10 Å². The molecular weight excluding hydrogens is 495 g/mol. The molecule has 0 aliphatic rings. The summed E-state index contributed by atoms with van der Waals surface area (Å²) in [5.74, 6) is 1.19. The number of nitrogens with zero attached hydrogens (tertiary/aromatic N) is 5. The van der Waals surface area contributed by atoms with E-state index >= 15 is 0 Å². The van der Waals surface area contributed by atoms with Crippen LogP contribution in [0.3, 0.4) is 0 Å². The summed E-state index contributed by atoms with van der Waals surface area (Å²) >= 11 is 0. The van der Waals surface area contributed by atoms with Gasteiger partial charge in [0.1, 0.15) is 5.60 Å². The summed E-state index contributed by atoms with van der Waals surface area (Å²) in [4.78, 5) is 20.3. The molecule has 1 N–H and O–H groups in total. The van der Waals surface area contributed by atoms with E-state index in [2.05, 4.69) is 40.4 Å². The lowest BCUT2D eigenvalue weighted by Crippen LogP contribution is -2.43. The zero-order valence-corrected chi connectivity index (χ0v) is 22.6. The maximum absolute atomic E-state index is 12.2. The first-order valence-corrected chi connectivity index (χ1v) is 10.3. The van der Waals surface area contributed by atoms with Gasteiger partial charge in [0.15, 0.2) is 5.96 Å². The third-order valence-corrected chi connectivity index (χ3v) is 4.65. The van der Waals surface area contributed by atoms with Crippen LogP contribution in [0.25, 0.3) is 0 Å². The van der Waals surface area contributed by atoms with Crippen LogP contribution >= 0.6 is 24.0 Å². The van der Waals surface area contributed by atoms with Crippen molar-refractivity contribution in [2.75, 3.05) is 27.7 Å². The molecule has 0 aromatic carbocycles. The second-order valence-corrected chi connectivity index (χ2v) is 8.93. The number of aromatic nitrogens is 2. The molecule has 0 bridgehead atoms. The van der Waals surface area contributed by atoms with Crippen LogP contribution < -0.4 is 5.32 Å². The van der Waals surface area contributed by atoms with Gasteiger partial charge in [-0.25, -0.2) is 4.79 Å². The summed E-state index contributed by atoms with van der Waals surface area (Å²) in [6.07, 6.45) is 2.55. The van der Waals surface area contributed by atoms with E-state index in [0.29, 0.717) is 12.5 Å². The molecule has 0 spiro atoms. The van der Waals surface area contributed by atoms with Gasteiger partial charge in [0.2, 0.25) is 0 Å². The van der Waals surface area contributed by atoms with E-state index in [4.69, 9.17) is 4.74 Å². The van der Waals surface area contributed by atoms with E-state index in [1.165, 1.54) is 5.56 Å². The minimum absolute atomic E-state index is 0. The number of hydrogen-bond acceptors (Lipinski definition) is 4. The minimum Gasteiger partial charge on any atom is -0.444 e. The van der Waals surface area contributed by atoms with Crippen molar-refractivity contribution < 1.29 is 9.53 Å². The van der Waals surface area contributed by atoms with Gasteiger partial charge in [-0.05, 0) is 40.0 Å². The van der Waals surface area contributed by atoms with Crippen molar-refractivity contribution >= 4 is 36.0 Å². The van der Waals surface area contributed by atoms with Crippen LogP contribution in [0, 0.1) is 0 Å². The van der Waals surface area contributed by atoms with Gasteiger partial charge in [-0.1, -0.05) is 13.8 Å². The quantitative estimate of drug-likeness (QED) is 0.326. The first kappa shape index (κ1) is 28.5. The van der Waals surface area contributed by atoms with E-state index in [-0.39, 0.29) is 36.1 Å². The molecule has 0 fully saturated rings. The Balaban J connectivity index is 0.00000841. The number of rotatable bonds is 7. The highest BCUT2D eigenvalue weighted by atomic mass is 127. The smallest absolute Gasteiger partial charge is 0.410 e. The Bertz CT molecular complexity index is 696. The van der Waals surface area contributed by atoms with Crippen molar-refractivity contribution in [2.24, 2.45) is 12.0 Å². The summed E-state index contributed by atoms with van der Waals surface area (Å²) in [6.45, 7) is 13.4. The molecule has 30 heavy (non-hydrogen) atoms. The standard InChI is InChI=1S/C21H40N6O2.HI/c1-15(2)18-17(14-26(9)24-18)13-25(8)19(22-7)23-12-11-16(3)27(10)20(28)29-21(4,5)6;/h14-16H,11-13H2,1-10H3,(H,22,23);1H. The fourth-order valence-electron chi connectivity index (χ4n) is 2.98. The van der Waals surface area contributed by atoms with Crippen molar-refractivity contribution in [2.45, 2.75) is 72.1 Å². The monoisotopic (exact) mass is 536 g/mol. The molecule has 0 saturated carbocycles. The van der Waals surface area contributed by atoms with Crippen molar-refractivity contribution in [1.82, 2.24) is 24.9 Å². The third-order valence-electron chi connectivity index (χ3n) is 4.65. The molecule has 8 nitrogen and oxygen atoms in total. The van der Waals surface area contributed by atoms with Gasteiger partial charge in [-0.15, -0.1) is 24.0 Å². The number of nitrogens with one attached hydrogen (secondary N) is 1. The number of aliphatic imine (C=N–C) groups is 1. The molecular formula is C21H41IN6O2. The summed E-state index contributed by atoms with van der Waals surface area (Å²) in [5, 5.41) is 7.96. The van der Waals surface area contributed by atoms with Gasteiger partial charge in [0.25, 0.3) is 0 Å². The molecule has 1 amide bonds. The number of aryl methyl sites for hydroxylation is 1. The van der Waals surface area contributed by atoms with Crippen molar-refractivity contribution in [1.29, 1.82) is 0 Å². The van der Waals surface area contributed by atoms with Crippen LogP contribution in [0.1, 0.15) is 65.1 Å². The zero-order valence-electron chi connectivity index (χ0n) is 20.3. The molecule has 9 heteroatoms. The molecule has 1 aromatic heterocycles. The van der Waals surface area contributed by atoms with E-state index in [1.807, 2.05) is 46.5 Å². The maximum Gasteiger partial charge on any atom is 0.410 e. The highest BCUT2D eigenvalue weighted by molar-refractivity contribution is 14.0. The maximum atomic E-state index is 12.2. The molecule has 1 heterocycles. The number of carbonyl (C=O) groups excluding carboxylic acids is 1. The number of ether oxygens (including phenoxy) is 1. The van der Waals surface area contributed by atoms with Crippen LogP contribution in [0.2, 0.25) is 0 Å². The van der Waals surface area contributed by atoms with Crippen LogP contribution in [-0.2, 0) is 18.3 Å². The van der Waals surface area contributed by atoms with Gasteiger partial charge < -0.3 is 19.9 Å². The van der Waals surface area contributed by atoms with Crippen LogP contribution in [0.4, 0.5) is 4.79 Å². The number of amides is 1. The fourth-order valence-corrected chi connectivity index (χ4v) is 2.98. The SMILES string of the molecule is CN=C(NCCC(C)N(C)C(=O)OC(C)(C)C)N(C)Cc1cn(C)nc1C(C)C.I. The normalized spacial score (nSPS) is 13.0. The van der Waals surface area contributed by atoms with Crippen molar-refractivity contribution in [3.05, 3.63) is 17.5 Å².